The van der Waals surface area contributed by atoms with Gasteiger partial charge in [-0.1, -0.05) is 23.2 Å². The highest BCUT2D eigenvalue weighted by Gasteiger charge is 2.11. The van der Waals surface area contributed by atoms with Crippen LogP contribution in [-0.2, 0) is 0 Å². The molecule has 0 radical (unpaired) electrons. The van der Waals surface area contributed by atoms with Crippen LogP contribution in [0.1, 0.15) is 0 Å². The summed E-state index contributed by atoms with van der Waals surface area (Å²) in [5.74, 6) is 1.04. The highest BCUT2D eigenvalue weighted by atomic mass is 35.5. The van der Waals surface area contributed by atoms with Gasteiger partial charge < -0.3 is 10.6 Å². The lowest BCUT2D eigenvalue weighted by Crippen LogP contribution is -2.21. The number of hydrogen-bond acceptors (Lipinski definition) is 3. The highest BCUT2D eigenvalue weighted by molar-refractivity contribution is 7.98. The fraction of sp³-hybridized carbons (Fsp3) is 0.400. The van der Waals surface area contributed by atoms with Gasteiger partial charge in [0.05, 0.1) is 15.7 Å². The molecule has 0 heterocycles. The molecule has 0 atom stereocenters. The molecule has 0 spiro atoms. The quantitative estimate of drug-likeness (QED) is 0.846. The zero-order valence-corrected chi connectivity index (χ0v) is 11.1. The maximum Gasteiger partial charge on any atom is 0.0744 e. The van der Waals surface area contributed by atoms with Gasteiger partial charge in [-0.15, -0.1) is 0 Å². The van der Waals surface area contributed by atoms with E-state index in [0.29, 0.717) is 15.7 Å². The second-order valence-electron chi connectivity index (χ2n) is 3.25. The van der Waals surface area contributed by atoms with Crippen molar-refractivity contribution in [2.75, 3.05) is 36.2 Å². The molecule has 0 unspecified atom stereocenters. The Morgan fingerprint density at radius 1 is 1.33 bits per heavy atom. The minimum absolute atomic E-state index is 0.590. The van der Waals surface area contributed by atoms with Crippen LogP contribution in [0.5, 0.6) is 0 Å². The second-order valence-corrected chi connectivity index (χ2v) is 5.05. The monoisotopic (exact) mass is 264 g/mol. The predicted octanol–water partition coefficient (Wildman–Crippen LogP) is 3.37. The van der Waals surface area contributed by atoms with Crippen molar-refractivity contribution < 1.29 is 0 Å². The molecule has 0 aliphatic rings. The van der Waals surface area contributed by atoms with E-state index in [9.17, 15) is 0 Å². The second kappa shape index (κ2) is 5.73. The van der Waals surface area contributed by atoms with Gasteiger partial charge in [-0.3, -0.25) is 0 Å². The topological polar surface area (TPSA) is 29.3 Å². The first-order valence-electron chi connectivity index (χ1n) is 4.51. The molecule has 0 saturated heterocycles. The zero-order valence-electron chi connectivity index (χ0n) is 8.76. The van der Waals surface area contributed by atoms with Crippen molar-refractivity contribution in [1.82, 2.24) is 0 Å². The molecule has 1 aromatic rings. The van der Waals surface area contributed by atoms with Gasteiger partial charge in [0, 0.05) is 25.0 Å². The molecular weight excluding hydrogens is 251 g/mol. The zero-order chi connectivity index (χ0) is 11.4. The number of nitrogens with two attached hydrogens (primary N) is 1. The van der Waals surface area contributed by atoms with Crippen molar-refractivity contribution in [3.05, 3.63) is 22.2 Å². The Hall–Kier alpha value is -0.250. The standard InChI is InChI=1S/C10H14Cl2N2S/c1-14(3-4-15-2)10-8(11)5-7(13)6-9(10)12/h5-6H,3-4,13H2,1-2H3. The third kappa shape index (κ3) is 3.37. The molecule has 1 aromatic carbocycles. The lowest BCUT2D eigenvalue weighted by Gasteiger charge is -2.21. The van der Waals surface area contributed by atoms with E-state index in [1.165, 1.54) is 0 Å². The van der Waals surface area contributed by atoms with Gasteiger partial charge in [-0.05, 0) is 18.4 Å². The summed E-state index contributed by atoms with van der Waals surface area (Å²) in [6, 6.07) is 3.44. The van der Waals surface area contributed by atoms with Gasteiger partial charge in [0.2, 0.25) is 0 Å². The normalized spacial score (nSPS) is 10.4. The molecule has 15 heavy (non-hydrogen) atoms. The van der Waals surface area contributed by atoms with Crippen LogP contribution in [-0.4, -0.2) is 25.6 Å². The van der Waals surface area contributed by atoms with Crippen LogP contribution in [0.25, 0.3) is 0 Å². The summed E-state index contributed by atoms with van der Waals surface area (Å²) in [6.07, 6.45) is 2.07. The Bertz CT molecular complexity index is 321. The fourth-order valence-corrected chi connectivity index (χ4v) is 2.54. The third-order valence-electron chi connectivity index (χ3n) is 2.05. The maximum atomic E-state index is 6.10. The summed E-state index contributed by atoms with van der Waals surface area (Å²) >= 11 is 14.0. The molecule has 0 saturated carbocycles. The average Bonchev–Trinajstić information content (AvgIpc) is 2.12. The fourth-order valence-electron chi connectivity index (χ4n) is 1.29. The van der Waals surface area contributed by atoms with Gasteiger partial charge in [0.1, 0.15) is 0 Å². The van der Waals surface area contributed by atoms with E-state index in [-0.39, 0.29) is 0 Å². The number of halogens is 2. The van der Waals surface area contributed by atoms with Gasteiger partial charge in [-0.2, -0.15) is 11.8 Å². The van der Waals surface area contributed by atoms with Crippen LogP contribution < -0.4 is 10.6 Å². The maximum absolute atomic E-state index is 6.10. The van der Waals surface area contributed by atoms with Gasteiger partial charge in [0.25, 0.3) is 0 Å². The first-order valence-corrected chi connectivity index (χ1v) is 6.66. The number of benzene rings is 1. The molecule has 0 aliphatic heterocycles. The van der Waals surface area contributed by atoms with Crippen LogP contribution in [0.3, 0.4) is 0 Å². The van der Waals surface area contributed by atoms with E-state index in [1.54, 1.807) is 23.9 Å². The SMILES string of the molecule is CSCCN(C)c1c(Cl)cc(N)cc1Cl. The number of nitrogen functional groups attached to an aromatic ring is 1. The van der Waals surface area contributed by atoms with Crippen LogP contribution >= 0.6 is 35.0 Å². The highest BCUT2D eigenvalue weighted by Crippen LogP contribution is 2.35. The van der Waals surface area contributed by atoms with Crippen LogP contribution in [0, 0.1) is 0 Å². The Labute approximate surface area is 105 Å². The van der Waals surface area contributed by atoms with Crippen LogP contribution in [0.4, 0.5) is 11.4 Å². The summed E-state index contributed by atoms with van der Waals surface area (Å²) in [4.78, 5) is 2.04. The van der Waals surface area contributed by atoms with Crippen molar-refractivity contribution in [3.8, 4) is 0 Å². The summed E-state index contributed by atoms with van der Waals surface area (Å²) in [6.45, 7) is 0.907. The van der Waals surface area contributed by atoms with Crippen LogP contribution in [0.15, 0.2) is 12.1 Å². The third-order valence-corrected chi connectivity index (χ3v) is 3.22. The van der Waals surface area contributed by atoms with Crippen LogP contribution in [0.2, 0.25) is 10.0 Å². The molecule has 0 aromatic heterocycles. The Morgan fingerprint density at radius 2 is 1.87 bits per heavy atom. The lowest BCUT2D eigenvalue weighted by molar-refractivity contribution is 0.979. The summed E-state index contributed by atoms with van der Waals surface area (Å²) < 4.78 is 0. The number of nitrogens with zero attached hydrogens (tertiary/aromatic N) is 1. The molecule has 5 heteroatoms. The molecule has 0 aliphatic carbocycles. The van der Waals surface area contributed by atoms with E-state index in [4.69, 9.17) is 28.9 Å². The molecule has 0 bridgehead atoms. The first-order chi connectivity index (χ1) is 7.06. The van der Waals surface area contributed by atoms with E-state index < -0.39 is 0 Å². The number of anilines is 2. The molecule has 0 fully saturated rings. The molecule has 84 valence electrons. The molecular formula is C10H14Cl2N2S. The Kier molecular flexibility index (Phi) is 4.90. The summed E-state index contributed by atoms with van der Waals surface area (Å²) in [5, 5.41) is 1.20. The first kappa shape index (κ1) is 12.8. The minimum atomic E-state index is 0.590. The lowest BCUT2D eigenvalue weighted by atomic mass is 10.2. The van der Waals surface area contributed by atoms with Crippen molar-refractivity contribution in [2.45, 2.75) is 0 Å². The number of hydrogen-bond donors (Lipinski definition) is 1. The van der Waals surface area contributed by atoms with Gasteiger partial charge in [0.15, 0.2) is 0 Å². The van der Waals surface area contributed by atoms with E-state index in [1.807, 2.05) is 11.9 Å². The van der Waals surface area contributed by atoms with Crippen molar-refractivity contribution in [2.24, 2.45) is 0 Å². The van der Waals surface area contributed by atoms with Crippen molar-refractivity contribution in [3.63, 3.8) is 0 Å². The van der Waals surface area contributed by atoms with E-state index in [0.717, 1.165) is 18.0 Å². The van der Waals surface area contributed by atoms with E-state index >= 15 is 0 Å². The molecule has 2 nitrogen and oxygen atoms in total. The van der Waals surface area contributed by atoms with Gasteiger partial charge in [-0.25, -0.2) is 0 Å². The Balaban J connectivity index is 2.92. The van der Waals surface area contributed by atoms with E-state index in [2.05, 4.69) is 6.26 Å². The summed E-state index contributed by atoms with van der Waals surface area (Å²) in [5.41, 5.74) is 7.08. The largest absolute Gasteiger partial charge is 0.399 e. The smallest absolute Gasteiger partial charge is 0.0744 e. The molecule has 2 N–H and O–H groups in total. The average molecular weight is 265 g/mol. The van der Waals surface area contributed by atoms with Crippen molar-refractivity contribution in [1.29, 1.82) is 0 Å². The van der Waals surface area contributed by atoms with Crippen molar-refractivity contribution >= 4 is 46.3 Å². The Morgan fingerprint density at radius 3 is 2.33 bits per heavy atom. The molecule has 1 rings (SSSR count). The van der Waals surface area contributed by atoms with Gasteiger partial charge >= 0.3 is 0 Å². The summed E-state index contributed by atoms with van der Waals surface area (Å²) in [7, 11) is 1.97. The number of thioether (sulfide) groups is 1. The predicted molar refractivity (Wildman–Crippen MR) is 72.5 cm³/mol. The molecule has 0 amide bonds. The number of rotatable bonds is 4. The minimum Gasteiger partial charge on any atom is -0.399 e.